The molecule has 1 heterocycles. The first-order valence-electron chi connectivity index (χ1n) is 9.79. The maximum Gasteiger partial charge on any atom is 0.321 e. The average molecular weight is 399 g/mol. The summed E-state index contributed by atoms with van der Waals surface area (Å²) in [7, 11) is 3.29. The second kappa shape index (κ2) is 9.41. The van der Waals surface area contributed by atoms with Crippen molar-refractivity contribution >= 4 is 17.4 Å². The topological polar surface area (TPSA) is 63.3 Å². The van der Waals surface area contributed by atoms with Gasteiger partial charge >= 0.3 is 6.03 Å². The van der Waals surface area contributed by atoms with Crippen molar-refractivity contribution in [1.82, 2.24) is 4.90 Å². The number of piperazine rings is 1. The molecule has 0 unspecified atom stereocenters. The lowest BCUT2D eigenvalue weighted by Crippen LogP contribution is -2.50. The van der Waals surface area contributed by atoms with Gasteiger partial charge in [0.25, 0.3) is 0 Å². The number of carbonyl (C=O) groups is 1. The lowest BCUT2D eigenvalue weighted by molar-refractivity contribution is 0.208. The molecule has 156 valence electrons. The second-order valence-electron chi connectivity index (χ2n) is 7.13. The molecule has 0 radical (unpaired) electrons. The van der Waals surface area contributed by atoms with Crippen LogP contribution >= 0.6 is 0 Å². The van der Waals surface area contributed by atoms with Crippen LogP contribution in [-0.2, 0) is 0 Å². The number of nitrogens with one attached hydrogen (secondary N) is 1. The summed E-state index contributed by atoms with van der Waals surface area (Å²) in [6, 6.07) is 13.1. The Kier molecular flexibility index (Phi) is 6.69. The van der Waals surface area contributed by atoms with Gasteiger partial charge in [-0.3, -0.25) is 0 Å². The van der Waals surface area contributed by atoms with Crippen LogP contribution in [0.5, 0.6) is 17.2 Å². The monoisotopic (exact) mass is 399 g/mol. The standard InChI is InChI=1S/C22H29N3O4/c1-16(2)29-18-7-5-17(6-8-18)23-22(26)25-13-11-24(12-14-25)20-10-9-19(27-3)15-21(20)28-4/h5-10,15-16H,11-14H2,1-4H3,(H,23,26). The molecule has 0 aromatic heterocycles. The van der Waals surface area contributed by atoms with Gasteiger partial charge in [0.2, 0.25) is 0 Å². The van der Waals surface area contributed by atoms with E-state index in [-0.39, 0.29) is 12.1 Å². The quantitative estimate of drug-likeness (QED) is 0.800. The highest BCUT2D eigenvalue weighted by atomic mass is 16.5. The molecule has 2 aromatic carbocycles. The molecular weight excluding hydrogens is 370 g/mol. The first-order chi connectivity index (χ1) is 14.0. The molecule has 1 aliphatic heterocycles. The summed E-state index contributed by atoms with van der Waals surface area (Å²) in [4.78, 5) is 16.7. The normalized spacial score (nSPS) is 14.0. The molecule has 0 aliphatic carbocycles. The molecule has 29 heavy (non-hydrogen) atoms. The molecular formula is C22H29N3O4. The number of methoxy groups -OCH3 is 2. The summed E-state index contributed by atoms with van der Waals surface area (Å²) in [5, 5.41) is 2.96. The summed E-state index contributed by atoms with van der Waals surface area (Å²) in [6.07, 6.45) is 0.121. The number of benzene rings is 2. The van der Waals surface area contributed by atoms with Gasteiger partial charge in [0.05, 0.1) is 26.0 Å². The Morgan fingerprint density at radius 1 is 0.931 bits per heavy atom. The number of rotatable bonds is 6. The van der Waals surface area contributed by atoms with Crippen LogP contribution in [0.25, 0.3) is 0 Å². The molecule has 0 spiro atoms. The zero-order valence-electron chi connectivity index (χ0n) is 17.5. The van der Waals surface area contributed by atoms with Crippen LogP contribution in [0.15, 0.2) is 42.5 Å². The van der Waals surface area contributed by atoms with Gasteiger partial charge in [-0.15, -0.1) is 0 Å². The average Bonchev–Trinajstić information content (AvgIpc) is 2.74. The molecule has 7 heteroatoms. The summed E-state index contributed by atoms with van der Waals surface area (Å²) < 4.78 is 16.4. The van der Waals surface area contributed by atoms with Crippen LogP contribution in [0.1, 0.15) is 13.8 Å². The van der Waals surface area contributed by atoms with Crippen LogP contribution in [0, 0.1) is 0 Å². The van der Waals surface area contributed by atoms with Crippen molar-refractivity contribution < 1.29 is 19.0 Å². The SMILES string of the molecule is COc1ccc(N2CCN(C(=O)Nc3ccc(OC(C)C)cc3)CC2)c(OC)c1. The highest BCUT2D eigenvalue weighted by molar-refractivity contribution is 5.89. The zero-order chi connectivity index (χ0) is 20.8. The maximum atomic E-state index is 12.6. The minimum atomic E-state index is -0.0936. The number of anilines is 2. The molecule has 0 bridgehead atoms. The van der Waals surface area contributed by atoms with Gasteiger partial charge in [0.1, 0.15) is 17.2 Å². The van der Waals surface area contributed by atoms with E-state index in [0.717, 1.165) is 41.7 Å². The summed E-state index contributed by atoms with van der Waals surface area (Å²) in [6.45, 7) is 6.70. The lowest BCUT2D eigenvalue weighted by atomic mass is 10.2. The number of hydrogen-bond donors (Lipinski definition) is 1. The third kappa shape index (κ3) is 5.25. The van der Waals surface area contributed by atoms with Crippen molar-refractivity contribution in [3.05, 3.63) is 42.5 Å². The fraction of sp³-hybridized carbons (Fsp3) is 0.409. The number of hydrogen-bond acceptors (Lipinski definition) is 5. The molecule has 1 saturated heterocycles. The van der Waals surface area contributed by atoms with Crippen LogP contribution < -0.4 is 24.4 Å². The van der Waals surface area contributed by atoms with Crippen molar-refractivity contribution in [1.29, 1.82) is 0 Å². The second-order valence-corrected chi connectivity index (χ2v) is 7.13. The van der Waals surface area contributed by atoms with Gasteiger partial charge in [-0.1, -0.05) is 0 Å². The van der Waals surface area contributed by atoms with Crippen molar-refractivity contribution in [2.75, 3.05) is 50.6 Å². The van der Waals surface area contributed by atoms with E-state index in [2.05, 4.69) is 10.2 Å². The third-order valence-electron chi connectivity index (χ3n) is 4.77. The van der Waals surface area contributed by atoms with Crippen molar-refractivity contribution in [2.45, 2.75) is 20.0 Å². The summed E-state index contributed by atoms with van der Waals surface area (Å²) >= 11 is 0. The van der Waals surface area contributed by atoms with E-state index < -0.39 is 0 Å². The van der Waals surface area contributed by atoms with Gasteiger partial charge in [0, 0.05) is 37.9 Å². The van der Waals surface area contributed by atoms with E-state index in [1.165, 1.54) is 0 Å². The minimum Gasteiger partial charge on any atom is -0.497 e. The van der Waals surface area contributed by atoms with Crippen LogP contribution in [0.2, 0.25) is 0 Å². The van der Waals surface area contributed by atoms with E-state index in [0.29, 0.717) is 13.1 Å². The smallest absolute Gasteiger partial charge is 0.321 e. The molecule has 1 N–H and O–H groups in total. The highest BCUT2D eigenvalue weighted by Gasteiger charge is 2.23. The Balaban J connectivity index is 1.56. The van der Waals surface area contributed by atoms with Crippen molar-refractivity contribution in [3.8, 4) is 17.2 Å². The molecule has 1 fully saturated rings. The zero-order valence-corrected chi connectivity index (χ0v) is 17.5. The van der Waals surface area contributed by atoms with E-state index in [9.17, 15) is 4.79 Å². The number of amides is 2. The maximum absolute atomic E-state index is 12.6. The number of nitrogens with zero attached hydrogens (tertiary/aromatic N) is 2. The van der Waals surface area contributed by atoms with Gasteiger partial charge in [-0.2, -0.15) is 0 Å². The third-order valence-corrected chi connectivity index (χ3v) is 4.77. The Hall–Kier alpha value is -3.09. The van der Waals surface area contributed by atoms with Gasteiger partial charge < -0.3 is 29.3 Å². The van der Waals surface area contributed by atoms with Crippen molar-refractivity contribution in [3.63, 3.8) is 0 Å². The predicted molar refractivity (Wildman–Crippen MR) is 115 cm³/mol. The molecule has 7 nitrogen and oxygen atoms in total. The molecule has 1 aliphatic rings. The van der Waals surface area contributed by atoms with E-state index in [1.807, 2.05) is 61.2 Å². The summed E-state index contributed by atoms with van der Waals surface area (Å²) in [5.41, 5.74) is 1.76. The van der Waals surface area contributed by atoms with E-state index in [1.54, 1.807) is 14.2 Å². The van der Waals surface area contributed by atoms with Crippen LogP contribution in [0.4, 0.5) is 16.2 Å². The van der Waals surface area contributed by atoms with Gasteiger partial charge in [-0.05, 0) is 50.2 Å². The van der Waals surface area contributed by atoms with E-state index >= 15 is 0 Å². The first-order valence-corrected chi connectivity index (χ1v) is 9.79. The lowest BCUT2D eigenvalue weighted by Gasteiger charge is -2.36. The minimum absolute atomic E-state index is 0.0936. The van der Waals surface area contributed by atoms with Crippen molar-refractivity contribution in [2.24, 2.45) is 0 Å². The molecule has 3 rings (SSSR count). The van der Waals surface area contributed by atoms with E-state index in [4.69, 9.17) is 14.2 Å². The fourth-order valence-corrected chi connectivity index (χ4v) is 3.29. The number of urea groups is 1. The number of carbonyl (C=O) groups excluding carboxylic acids is 1. The molecule has 0 saturated carbocycles. The predicted octanol–water partition coefficient (Wildman–Crippen LogP) is 3.85. The number of ether oxygens (including phenoxy) is 3. The Morgan fingerprint density at radius 2 is 1.59 bits per heavy atom. The highest BCUT2D eigenvalue weighted by Crippen LogP contribution is 2.32. The van der Waals surface area contributed by atoms with Gasteiger partial charge in [-0.25, -0.2) is 4.79 Å². The Labute approximate surface area is 172 Å². The molecule has 0 atom stereocenters. The van der Waals surface area contributed by atoms with Gasteiger partial charge in [0.15, 0.2) is 0 Å². The Morgan fingerprint density at radius 3 is 2.17 bits per heavy atom. The van der Waals surface area contributed by atoms with Crippen LogP contribution in [-0.4, -0.2) is 57.4 Å². The fourth-order valence-electron chi connectivity index (χ4n) is 3.29. The summed E-state index contributed by atoms with van der Waals surface area (Å²) in [5.74, 6) is 2.32. The Bertz CT molecular complexity index is 815. The first kappa shape index (κ1) is 20.6. The van der Waals surface area contributed by atoms with Crippen LogP contribution in [0.3, 0.4) is 0 Å². The molecule has 2 amide bonds. The molecule has 2 aromatic rings. The largest absolute Gasteiger partial charge is 0.497 e.